The van der Waals surface area contributed by atoms with Crippen molar-refractivity contribution in [3.05, 3.63) is 82.4 Å². The average molecular weight is 446 g/mol. The molecule has 0 spiro atoms. The van der Waals surface area contributed by atoms with Crippen LogP contribution in [-0.2, 0) is 0 Å². The Morgan fingerprint density at radius 2 is 1.70 bits per heavy atom. The normalized spacial score (nSPS) is 11.6. The highest BCUT2D eigenvalue weighted by Gasteiger charge is 2.20. The van der Waals surface area contributed by atoms with Crippen LogP contribution in [0.3, 0.4) is 0 Å². The molecule has 0 bridgehead atoms. The van der Waals surface area contributed by atoms with E-state index >= 15 is 0 Å². The van der Waals surface area contributed by atoms with Gasteiger partial charge in [0.15, 0.2) is 11.5 Å². The molecule has 0 unspecified atom stereocenters. The molecule has 33 heavy (non-hydrogen) atoms. The first kappa shape index (κ1) is 21.8. The Bertz CT molecular complexity index is 1270. The van der Waals surface area contributed by atoms with Gasteiger partial charge >= 0.3 is 0 Å². The third-order valence-electron chi connectivity index (χ3n) is 5.18. The molecule has 9 heteroatoms. The summed E-state index contributed by atoms with van der Waals surface area (Å²) in [4.78, 5) is 15.7. The van der Waals surface area contributed by atoms with Gasteiger partial charge in [0.25, 0.3) is 11.6 Å². The maximum atomic E-state index is 11.8. The van der Waals surface area contributed by atoms with Crippen molar-refractivity contribution < 1.29 is 18.9 Å². The zero-order valence-electron chi connectivity index (χ0n) is 18.3. The summed E-state index contributed by atoms with van der Waals surface area (Å²) in [6.45, 7) is 1.94. The van der Waals surface area contributed by atoms with Crippen molar-refractivity contribution in [1.29, 1.82) is 0 Å². The molecule has 0 fully saturated rings. The van der Waals surface area contributed by atoms with Crippen LogP contribution in [0, 0.1) is 10.1 Å². The summed E-state index contributed by atoms with van der Waals surface area (Å²) < 4.78 is 15.9. The first-order valence-electron chi connectivity index (χ1n) is 10.2. The van der Waals surface area contributed by atoms with Crippen molar-refractivity contribution in [1.82, 2.24) is 10.1 Å². The van der Waals surface area contributed by atoms with E-state index in [4.69, 9.17) is 14.0 Å². The lowest BCUT2D eigenvalue weighted by Gasteiger charge is -2.16. The molecular formula is C24H22N4O5. The van der Waals surface area contributed by atoms with E-state index in [-0.39, 0.29) is 17.6 Å². The Balaban J connectivity index is 1.62. The van der Waals surface area contributed by atoms with Crippen LogP contribution in [0.4, 0.5) is 11.4 Å². The molecule has 1 aromatic heterocycles. The van der Waals surface area contributed by atoms with Crippen LogP contribution in [0.5, 0.6) is 11.5 Å². The molecule has 0 radical (unpaired) electrons. The standard InChI is InChI=1S/C24H22N4O5/c1-15(16-7-5-4-6-8-16)25-19-11-9-18(13-20(19)28(29)30)24-26-23(27-33-24)17-10-12-21(31-2)22(14-17)32-3/h4-15,25H,1-3H3/t15-/m0/s1. The van der Waals surface area contributed by atoms with Gasteiger partial charge in [-0.2, -0.15) is 4.98 Å². The van der Waals surface area contributed by atoms with E-state index in [0.717, 1.165) is 5.56 Å². The van der Waals surface area contributed by atoms with E-state index in [1.807, 2.05) is 37.3 Å². The maximum Gasteiger partial charge on any atom is 0.293 e. The van der Waals surface area contributed by atoms with E-state index in [1.54, 1.807) is 37.4 Å². The van der Waals surface area contributed by atoms with Gasteiger partial charge in [0.1, 0.15) is 5.69 Å². The third kappa shape index (κ3) is 4.62. The van der Waals surface area contributed by atoms with Gasteiger partial charge in [-0.05, 0) is 42.8 Å². The molecule has 4 rings (SSSR count). The molecule has 0 saturated carbocycles. The zero-order valence-corrected chi connectivity index (χ0v) is 18.3. The number of hydrogen-bond donors (Lipinski definition) is 1. The smallest absolute Gasteiger partial charge is 0.293 e. The molecular weight excluding hydrogens is 424 g/mol. The predicted molar refractivity (Wildman–Crippen MR) is 123 cm³/mol. The summed E-state index contributed by atoms with van der Waals surface area (Å²) in [6.07, 6.45) is 0. The van der Waals surface area contributed by atoms with Crippen LogP contribution < -0.4 is 14.8 Å². The lowest BCUT2D eigenvalue weighted by atomic mass is 10.1. The van der Waals surface area contributed by atoms with E-state index in [1.165, 1.54) is 13.2 Å². The van der Waals surface area contributed by atoms with Gasteiger partial charge in [-0.15, -0.1) is 0 Å². The fourth-order valence-corrected chi connectivity index (χ4v) is 3.43. The molecule has 9 nitrogen and oxygen atoms in total. The molecule has 0 amide bonds. The number of rotatable bonds is 8. The first-order chi connectivity index (χ1) is 16.0. The van der Waals surface area contributed by atoms with E-state index in [9.17, 15) is 10.1 Å². The maximum absolute atomic E-state index is 11.8. The number of ether oxygens (including phenoxy) is 2. The summed E-state index contributed by atoms with van der Waals surface area (Å²) in [5, 5.41) is 19.0. The Labute approximate surface area is 190 Å². The molecule has 3 aromatic carbocycles. The molecule has 4 aromatic rings. The van der Waals surface area contributed by atoms with Crippen LogP contribution in [0.15, 0.2) is 71.3 Å². The Kier molecular flexibility index (Phi) is 6.21. The molecule has 0 saturated heterocycles. The number of anilines is 1. The van der Waals surface area contributed by atoms with E-state index < -0.39 is 4.92 Å². The minimum Gasteiger partial charge on any atom is -0.493 e. The number of nitrogens with one attached hydrogen (secondary N) is 1. The molecule has 1 atom stereocenters. The van der Waals surface area contributed by atoms with Crippen LogP contribution >= 0.6 is 0 Å². The van der Waals surface area contributed by atoms with Gasteiger partial charge in [0.2, 0.25) is 5.82 Å². The molecule has 0 aliphatic rings. The largest absolute Gasteiger partial charge is 0.493 e. The molecule has 0 aliphatic carbocycles. The van der Waals surface area contributed by atoms with Crippen LogP contribution in [0.2, 0.25) is 0 Å². The monoisotopic (exact) mass is 446 g/mol. The lowest BCUT2D eigenvalue weighted by Crippen LogP contribution is -2.08. The fraction of sp³-hybridized carbons (Fsp3) is 0.167. The minimum absolute atomic E-state index is 0.0823. The second-order valence-corrected chi connectivity index (χ2v) is 7.26. The summed E-state index contributed by atoms with van der Waals surface area (Å²) in [5.74, 6) is 1.60. The van der Waals surface area contributed by atoms with Gasteiger partial charge < -0.3 is 19.3 Å². The number of nitro groups is 1. The summed E-state index contributed by atoms with van der Waals surface area (Å²) in [7, 11) is 3.09. The fourth-order valence-electron chi connectivity index (χ4n) is 3.43. The summed E-state index contributed by atoms with van der Waals surface area (Å²) in [6, 6.07) is 19.6. The van der Waals surface area contributed by atoms with E-state index in [0.29, 0.717) is 34.1 Å². The van der Waals surface area contributed by atoms with Gasteiger partial charge in [-0.25, -0.2) is 0 Å². The molecule has 1 N–H and O–H groups in total. The molecule has 1 heterocycles. The third-order valence-corrected chi connectivity index (χ3v) is 5.18. The number of benzene rings is 3. The van der Waals surface area contributed by atoms with Gasteiger partial charge in [0.05, 0.1) is 19.1 Å². The van der Waals surface area contributed by atoms with Crippen LogP contribution in [0.1, 0.15) is 18.5 Å². The Hall–Kier alpha value is -4.40. The van der Waals surface area contributed by atoms with Gasteiger partial charge in [-0.3, -0.25) is 10.1 Å². The Morgan fingerprint density at radius 1 is 0.970 bits per heavy atom. The summed E-state index contributed by atoms with van der Waals surface area (Å²) >= 11 is 0. The van der Waals surface area contributed by atoms with Crippen LogP contribution in [-0.4, -0.2) is 29.3 Å². The SMILES string of the molecule is COc1ccc(-c2noc(-c3ccc(N[C@@H](C)c4ccccc4)c([N+](=O)[O-])c3)n2)cc1OC. The second-order valence-electron chi connectivity index (χ2n) is 7.26. The quantitative estimate of drug-likeness (QED) is 0.279. The van der Waals surface area contributed by atoms with Crippen molar-refractivity contribution in [3.8, 4) is 34.3 Å². The minimum atomic E-state index is -0.435. The Morgan fingerprint density at radius 3 is 2.39 bits per heavy atom. The molecule has 0 aliphatic heterocycles. The van der Waals surface area contributed by atoms with Gasteiger partial charge in [-0.1, -0.05) is 35.5 Å². The van der Waals surface area contributed by atoms with Crippen molar-refractivity contribution in [2.45, 2.75) is 13.0 Å². The number of hydrogen-bond acceptors (Lipinski definition) is 8. The molecule has 168 valence electrons. The topological polar surface area (TPSA) is 113 Å². The number of methoxy groups -OCH3 is 2. The number of aromatic nitrogens is 2. The zero-order chi connectivity index (χ0) is 23.4. The van der Waals surface area contributed by atoms with Gasteiger partial charge in [0, 0.05) is 23.2 Å². The highest BCUT2D eigenvalue weighted by molar-refractivity contribution is 5.71. The average Bonchev–Trinajstić information content (AvgIpc) is 3.34. The highest BCUT2D eigenvalue weighted by atomic mass is 16.6. The van der Waals surface area contributed by atoms with Crippen molar-refractivity contribution in [2.75, 3.05) is 19.5 Å². The van der Waals surface area contributed by atoms with E-state index in [2.05, 4.69) is 15.5 Å². The lowest BCUT2D eigenvalue weighted by molar-refractivity contribution is -0.383. The van der Waals surface area contributed by atoms with Crippen LogP contribution in [0.25, 0.3) is 22.8 Å². The highest BCUT2D eigenvalue weighted by Crippen LogP contribution is 2.34. The first-order valence-corrected chi connectivity index (χ1v) is 10.2. The number of nitrogens with zero attached hydrogens (tertiary/aromatic N) is 3. The second kappa shape index (κ2) is 9.39. The number of nitro benzene ring substituents is 1. The van der Waals surface area contributed by atoms with Crippen molar-refractivity contribution in [3.63, 3.8) is 0 Å². The summed E-state index contributed by atoms with van der Waals surface area (Å²) in [5.41, 5.74) is 2.44. The van der Waals surface area contributed by atoms with Crippen molar-refractivity contribution >= 4 is 11.4 Å². The predicted octanol–water partition coefficient (Wildman–Crippen LogP) is 5.50. The van der Waals surface area contributed by atoms with Crippen molar-refractivity contribution in [2.24, 2.45) is 0 Å².